The average molecular weight is 340 g/mol. The molecule has 24 heavy (non-hydrogen) atoms. The minimum absolute atomic E-state index is 0.144. The summed E-state index contributed by atoms with van der Waals surface area (Å²) in [5, 5.41) is 6.19. The van der Waals surface area contributed by atoms with Gasteiger partial charge in [0, 0.05) is 6.54 Å². The zero-order valence-electron chi connectivity index (χ0n) is 12.8. The first-order chi connectivity index (χ1) is 11.7. The zero-order chi connectivity index (χ0) is 16.8. The van der Waals surface area contributed by atoms with Crippen molar-refractivity contribution in [3.8, 4) is 0 Å². The largest absolute Gasteiger partial charge is 0.459 e. The summed E-state index contributed by atoms with van der Waals surface area (Å²) in [4.78, 5) is 24.6. The second kappa shape index (κ2) is 7.61. The molecule has 0 aliphatic rings. The Morgan fingerprint density at radius 3 is 2.54 bits per heavy atom. The second-order valence-corrected chi connectivity index (χ2v) is 6.17. The Morgan fingerprint density at radius 2 is 1.79 bits per heavy atom. The molecule has 3 aromatic rings. The highest BCUT2D eigenvalue weighted by atomic mass is 32.1. The van der Waals surface area contributed by atoms with Crippen molar-refractivity contribution in [2.45, 2.75) is 6.42 Å². The minimum atomic E-state index is -0.335. The fourth-order valence-corrected chi connectivity index (χ4v) is 2.98. The van der Waals surface area contributed by atoms with Crippen LogP contribution >= 0.6 is 11.3 Å². The van der Waals surface area contributed by atoms with Gasteiger partial charge in [-0.25, -0.2) is 0 Å². The van der Waals surface area contributed by atoms with E-state index in [0.29, 0.717) is 16.4 Å². The molecule has 0 bridgehead atoms. The van der Waals surface area contributed by atoms with Gasteiger partial charge in [0.2, 0.25) is 0 Å². The van der Waals surface area contributed by atoms with E-state index in [1.165, 1.54) is 23.2 Å². The van der Waals surface area contributed by atoms with Crippen LogP contribution in [0.15, 0.2) is 65.3 Å². The molecule has 0 fully saturated rings. The molecule has 1 aromatic carbocycles. The van der Waals surface area contributed by atoms with Gasteiger partial charge >= 0.3 is 0 Å². The quantitative estimate of drug-likeness (QED) is 0.721. The summed E-state index contributed by atoms with van der Waals surface area (Å²) in [5.74, 6) is -0.246. The van der Waals surface area contributed by atoms with Crippen LogP contribution in [0.4, 0.5) is 5.00 Å². The van der Waals surface area contributed by atoms with Crippen molar-refractivity contribution in [3.63, 3.8) is 0 Å². The number of anilines is 1. The smallest absolute Gasteiger partial charge is 0.291 e. The molecular weight excluding hydrogens is 324 g/mol. The molecule has 0 unspecified atom stereocenters. The zero-order valence-corrected chi connectivity index (χ0v) is 13.6. The first-order valence-corrected chi connectivity index (χ1v) is 8.31. The average Bonchev–Trinajstić information content (AvgIpc) is 3.27. The van der Waals surface area contributed by atoms with E-state index in [1.807, 2.05) is 30.3 Å². The van der Waals surface area contributed by atoms with Crippen molar-refractivity contribution in [2.24, 2.45) is 0 Å². The number of hydrogen-bond acceptors (Lipinski definition) is 4. The number of benzene rings is 1. The Hall–Kier alpha value is -2.86. The fraction of sp³-hybridized carbons (Fsp3) is 0.111. The Bertz CT molecular complexity index is 810. The fourth-order valence-electron chi connectivity index (χ4n) is 2.16. The molecule has 0 atom stereocenters. The van der Waals surface area contributed by atoms with E-state index in [9.17, 15) is 9.59 Å². The first kappa shape index (κ1) is 16.0. The number of nitrogens with one attached hydrogen (secondary N) is 2. The van der Waals surface area contributed by atoms with Crippen LogP contribution in [0.5, 0.6) is 0 Å². The monoisotopic (exact) mass is 340 g/mol. The molecule has 0 aliphatic heterocycles. The summed E-state index contributed by atoms with van der Waals surface area (Å²) in [5.41, 5.74) is 1.18. The molecule has 3 rings (SSSR count). The van der Waals surface area contributed by atoms with E-state index in [1.54, 1.807) is 24.3 Å². The molecule has 0 saturated carbocycles. The SMILES string of the molecule is O=C(Nc1ccc(C(=O)NCCc2ccccc2)s1)c1ccco1. The van der Waals surface area contributed by atoms with Gasteiger partial charge in [0.05, 0.1) is 16.1 Å². The van der Waals surface area contributed by atoms with Crippen LogP contribution < -0.4 is 10.6 Å². The maximum Gasteiger partial charge on any atom is 0.291 e. The summed E-state index contributed by atoms with van der Waals surface area (Å²) in [6, 6.07) is 16.6. The van der Waals surface area contributed by atoms with E-state index in [2.05, 4.69) is 10.6 Å². The highest BCUT2D eigenvalue weighted by Gasteiger charge is 2.13. The van der Waals surface area contributed by atoms with Crippen molar-refractivity contribution in [3.05, 3.63) is 77.1 Å². The summed E-state index contributed by atoms with van der Waals surface area (Å²) >= 11 is 1.23. The number of rotatable bonds is 6. The molecule has 2 amide bonds. The molecule has 2 aromatic heterocycles. The Kier molecular flexibility index (Phi) is 5.08. The van der Waals surface area contributed by atoms with Crippen LogP contribution in [-0.4, -0.2) is 18.4 Å². The molecule has 6 heteroatoms. The summed E-state index contributed by atoms with van der Waals surface area (Å²) in [6.45, 7) is 0.564. The Balaban J connectivity index is 1.51. The van der Waals surface area contributed by atoms with Gasteiger partial charge in [0.1, 0.15) is 0 Å². The number of hydrogen-bond donors (Lipinski definition) is 2. The number of carbonyl (C=O) groups is 2. The molecule has 0 aliphatic carbocycles. The maximum absolute atomic E-state index is 12.1. The van der Waals surface area contributed by atoms with Gasteiger partial charge in [-0.1, -0.05) is 30.3 Å². The van der Waals surface area contributed by atoms with Gasteiger partial charge in [-0.15, -0.1) is 11.3 Å². The lowest BCUT2D eigenvalue weighted by molar-refractivity contribution is 0.0956. The van der Waals surface area contributed by atoms with Gasteiger partial charge in [0.25, 0.3) is 11.8 Å². The van der Waals surface area contributed by atoms with Crippen LogP contribution in [0.3, 0.4) is 0 Å². The van der Waals surface area contributed by atoms with Crippen molar-refractivity contribution < 1.29 is 14.0 Å². The van der Waals surface area contributed by atoms with E-state index in [4.69, 9.17) is 4.42 Å². The molecule has 122 valence electrons. The Labute approximate surface area is 143 Å². The lowest BCUT2D eigenvalue weighted by atomic mass is 10.1. The van der Waals surface area contributed by atoms with Crippen LogP contribution in [-0.2, 0) is 6.42 Å². The van der Waals surface area contributed by atoms with Gasteiger partial charge in [0.15, 0.2) is 5.76 Å². The van der Waals surface area contributed by atoms with E-state index < -0.39 is 0 Å². The van der Waals surface area contributed by atoms with Crippen molar-refractivity contribution >= 4 is 28.2 Å². The van der Waals surface area contributed by atoms with Crippen molar-refractivity contribution in [1.29, 1.82) is 0 Å². The lowest BCUT2D eigenvalue weighted by Gasteiger charge is -2.03. The van der Waals surface area contributed by atoms with Gasteiger partial charge in [-0.3, -0.25) is 9.59 Å². The van der Waals surface area contributed by atoms with Crippen LogP contribution in [0, 0.1) is 0 Å². The first-order valence-electron chi connectivity index (χ1n) is 7.49. The molecule has 0 saturated heterocycles. The second-order valence-electron chi connectivity index (χ2n) is 5.09. The highest BCUT2D eigenvalue weighted by molar-refractivity contribution is 7.18. The van der Waals surface area contributed by atoms with Crippen LogP contribution in [0.25, 0.3) is 0 Å². The standard InChI is InChI=1S/C18H16N2O3S/c21-17(14-7-4-12-23-14)20-16-9-8-15(24-16)18(22)19-11-10-13-5-2-1-3-6-13/h1-9,12H,10-11H2,(H,19,22)(H,20,21). The topological polar surface area (TPSA) is 71.3 Å². The predicted octanol–water partition coefficient (Wildman–Crippen LogP) is 3.57. The van der Waals surface area contributed by atoms with Crippen LogP contribution in [0.1, 0.15) is 25.8 Å². The third kappa shape index (κ3) is 4.11. The van der Waals surface area contributed by atoms with Crippen LogP contribution in [0.2, 0.25) is 0 Å². The molecule has 2 heterocycles. The molecule has 0 spiro atoms. The summed E-state index contributed by atoms with van der Waals surface area (Å²) < 4.78 is 5.03. The number of furan rings is 1. The normalized spacial score (nSPS) is 10.3. The van der Waals surface area contributed by atoms with Crippen molar-refractivity contribution in [2.75, 3.05) is 11.9 Å². The third-order valence-electron chi connectivity index (χ3n) is 3.35. The summed E-state index contributed by atoms with van der Waals surface area (Å²) in [6.07, 6.45) is 2.22. The number of carbonyl (C=O) groups excluding carboxylic acids is 2. The number of amides is 2. The Morgan fingerprint density at radius 1 is 0.958 bits per heavy atom. The van der Waals surface area contributed by atoms with E-state index >= 15 is 0 Å². The van der Waals surface area contributed by atoms with E-state index in [0.717, 1.165) is 6.42 Å². The summed E-state index contributed by atoms with van der Waals surface area (Å²) in [7, 11) is 0. The van der Waals surface area contributed by atoms with Crippen molar-refractivity contribution in [1.82, 2.24) is 5.32 Å². The lowest BCUT2D eigenvalue weighted by Crippen LogP contribution is -2.24. The van der Waals surface area contributed by atoms with Gasteiger partial charge in [-0.2, -0.15) is 0 Å². The van der Waals surface area contributed by atoms with Gasteiger partial charge in [-0.05, 0) is 36.2 Å². The molecule has 5 nitrogen and oxygen atoms in total. The minimum Gasteiger partial charge on any atom is -0.459 e. The maximum atomic E-state index is 12.1. The predicted molar refractivity (Wildman–Crippen MR) is 93.5 cm³/mol. The molecular formula is C18H16N2O3S. The molecule has 2 N–H and O–H groups in total. The van der Waals surface area contributed by atoms with E-state index in [-0.39, 0.29) is 17.6 Å². The third-order valence-corrected chi connectivity index (χ3v) is 4.35. The van der Waals surface area contributed by atoms with Gasteiger partial charge < -0.3 is 15.1 Å². The molecule has 0 radical (unpaired) electrons. The highest BCUT2D eigenvalue weighted by Crippen LogP contribution is 2.22. The number of thiophene rings is 1.